The van der Waals surface area contributed by atoms with Crippen molar-refractivity contribution in [1.82, 2.24) is 4.98 Å². The maximum Gasteiger partial charge on any atom is 0.416 e. The molecular weight excluding hydrogens is 475 g/mol. The van der Waals surface area contributed by atoms with Crippen LogP contribution in [0.5, 0.6) is 0 Å². The van der Waals surface area contributed by atoms with E-state index in [0.717, 1.165) is 16.6 Å². The zero-order valence-corrected chi connectivity index (χ0v) is 17.2. The molecule has 0 fully saturated rings. The van der Waals surface area contributed by atoms with Crippen LogP contribution in [0, 0.1) is 0 Å². The number of hydrogen-bond donors (Lipinski definition) is 1. The maximum absolute atomic E-state index is 12.9. The smallest absolute Gasteiger partial charge is 0.416 e. The number of amides is 1. The quantitative estimate of drug-likeness (QED) is 0.380. The van der Waals surface area contributed by atoms with Crippen molar-refractivity contribution in [3.05, 3.63) is 94.1 Å². The van der Waals surface area contributed by atoms with Crippen LogP contribution in [0.15, 0.2) is 86.8 Å². The molecule has 0 unspecified atom stereocenters. The predicted molar refractivity (Wildman–Crippen MR) is 113 cm³/mol. The van der Waals surface area contributed by atoms with Crippen molar-refractivity contribution in [1.29, 1.82) is 0 Å². The Hall–Kier alpha value is -3.46. The Morgan fingerprint density at radius 2 is 1.81 bits per heavy atom. The van der Waals surface area contributed by atoms with Crippen LogP contribution in [0.1, 0.15) is 15.9 Å². The number of benzene rings is 2. The fraction of sp³-hybridized carbons (Fsp3) is 0.0455. The SMILES string of the molecule is O=C(Nc1ccccn1)c1cc2cc(Br)ccc2oc1=Nc1ccc(C(F)(F)F)cc1. The third-order valence-electron chi connectivity index (χ3n) is 4.29. The molecular formula is C22H13BrF3N3O2. The summed E-state index contributed by atoms with van der Waals surface area (Å²) >= 11 is 3.38. The number of hydrogen-bond acceptors (Lipinski definition) is 4. The first-order chi connectivity index (χ1) is 14.8. The third-order valence-corrected chi connectivity index (χ3v) is 4.78. The summed E-state index contributed by atoms with van der Waals surface area (Å²) in [6, 6.07) is 16.2. The molecule has 2 heterocycles. The van der Waals surface area contributed by atoms with Crippen molar-refractivity contribution in [3.63, 3.8) is 0 Å². The van der Waals surface area contributed by atoms with Gasteiger partial charge in [-0.05, 0) is 60.7 Å². The maximum atomic E-state index is 12.9. The largest absolute Gasteiger partial charge is 0.438 e. The van der Waals surface area contributed by atoms with Crippen LogP contribution in [0.4, 0.5) is 24.7 Å². The van der Waals surface area contributed by atoms with E-state index in [4.69, 9.17) is 4.42 Å². The number of carbonyl (C=O) groups excluding carboxylic acids is 1. The topological polar surface area (TPSA) is 67.5 Å². The summed E-state index contributed by atoms with van der Waals surface area (Å²) in [7, 11) is 0. The molecule has 0 spiro atoms. The number of halogens is 4. The van der Waals surface area contributed by atoms with E-state index in [1.165, 1.54) is 18.3 Å². The molecule has 0 atom stereocenters. The highest BCUT2D eigenvalue weighted by Crippen LogP contribution is 2.30. The Bertz CT molecular complexity index is 1320. The molecule has 0 aliphatic carbocycles. The number of anilines is 1. The minimum atomic E-state index is -4.45. The zero-order chi connectivity index (χ0) is 22.0. The number of nitrogens with one attached hydrogen (secondary N) is 1. The van der Waals surface area contributed by atoms with E-state index < -0.39 is 17.6 Å². The van der Waals surface area contributed by atoms with E-state index in [1.54, 1.807) is 42.5 Å². The molecule has 2 aromatic heterocycles. The summed E-state index contributed by atoms with van der Waals surface area (Å²) in [6.07, 6.45) is -2.92. The zero-order valence-electron chi connectivity index (χ0n) is 15.7. The predicted octanol–water partition coefficient (Wildman–Crippen LogP) is 6.09. The second-order valence-corrected chi connectivity index (χ2v) is 7.39. The van der Waals surface area contributed by atoms with Gasteiger partial charge in [-0.1, -0.05) is 22.0 Å². The Labute approximate surface area is 182 Å². The number of aromatic nitrogens is 1. The molecule has 156 valence electrons. The molecule has 9 heteroatoms. The van der Waals surface area contributed by atoms with Crippen molar-refractivity contribution in [2.24, 2.45) is 4.99 Å². The third kappa shape index (κ3) is 4.83. The van der Waals surface area contributed by atoms with E-state index in [-0.39, 0.29) is 16.8 Å². The summed E-state index contributed by atoms with van der Waals surface area (Å²) in [5.74, 6) is -0.183. The average molecular weight is 488 g/mol. The number of alkyl halides is 3. The van der Waals surface area contributed by atoms with Crippen LogP contribution in [0.3, 0.4) is 0 Å². The Kier molecular flexibility index (Phi) is 5.60. The Morgan fingerprint density at radius 3 is 2.48 bits per heavy atom. The number of rotatable bonds is 3. The second-order valence-electron chi connectivity index (χ2n) is 6.47. The molecule has 0 aliphatic rings. The van der Waals surface area contributed by atoms with Gasteiger partial charge in [0.25, 0.3) is 5.91 Å². The van der Waals surface area contributed by atoms with Gasteiger partial charge in [0.1, 0.15) is 17.0 Å². The molecule has 31 heavy (non-hydrogen) atoms. The van der Waals surface area contributed by atoms with Crippen LogP contribution < -0.4 is 10.9 Å². The first kappa shape index (κ1) is 20.8. The minimum Gasteiger partial charge on any atom is -0.438 e. The second kappa shape index (κ2) is 8.35. The van der Waals surface area contributed by atoms with Gasteiger partial charge in [0.2, 0.25) is 5.55 Å². The van der Waals surface area contributed by atoms with Crippen LogP contribution in [0.25, 0.3) is 11.0 Å². The van der Waals surface area contributed by atoms with Gasteiger partial charge in [-0.15, -0.1) is 0 Å². The molecule has 0 bridgehead atoms. The summed E-state index contributed by atoms with van der Waals surface area (Å²) in [4.78, 5) is 21.2. The molecule has 2 aromatic carbocycles. The van der Waals surface area contributed by atoms with E-state index in [1.807, 2.05) is 0 Å². The van der Waals surface area contributed by atoms with Crippen LogP contribution in [0.2, 0.25) is 0 Å². The van der Waals surface area contributed by atoms with Crippen LogP contribution >= 0.6 is 15.9 Å². The number of nitrogens with zero attached hydrogens (tertiary/aromatic N) is 2. The van der Waals surface area contributed by atoms with Crippen molar-refractivity contribution in [2.45, 2.75) is 6.18 Å². The molecule has 0 radical (unpaired) electrons. The van der Waals surface area contributed by atoms with Gasteiger partial charge in [-0.25, -0.2) is 9.98 Å². The number of carbonyl (C=O) groups is 1. The highest BCUT2D eigenvalue weighted by Gasteiger charge is 2.29. The first-order valence-corrected chi connectivity index (χ1v) is 9.77. The lowest BCUT2D eigenvalue weighted by Crippen LogP contribution is -2.22. The summed E-state index contributed by atoms with van der Waals surface area (Å²) < 4.78 is 45.1. The van der Waals surface area contributed by atoms with E-state index >= 15 is 0 Å². The number of fused-ring (bicyclic) bond motifs is 1. The lowest BCUT2D eigenvalue weighted by atomic mass is 10.1. The summed E-state index contributed by atoms with van der Waals surface area (Å²) in [5.41, 5.74) is -0.0534. The fourth-order valence-electron chi connectivity index (χ4n) is 2.81. The fourth-order valence-corrected chi connectivity index (χ4v) is 3.19. The minimum absolute atomic E-state index is 0.0389. The van der Waals surface area contributed by atoms with Gasteiger partial charge < -0.3 is 9.73 Å². The van der Waals surface area contributed by atoms with Gasteiger partial charge in [-0.2, -0.15) is 13.2 Å². The van der Waals surface area contributed by atoms with E-state index in [9.17, 15) is 18.0 Å². The van der Waals surface area contributed by atoms with Crippen LogP contribution in [-0.2, 0) is 6.18 Å². The van der Waals surface area contributed by atoms with Crippen molar-refractivity contribution in [3.8, 4) is 0 Å². The lowest BCUT2D eigenvalue weighted by molar-refractivity contribution is -0.137. The highest BCUT2D eigenvalue weighted by molar-refractivity contribution is 9.10. The van der Waals surface area contributed by atoms with Gasteiger partial charge in [-0.3, -0.25) is 4.79 Å². The standard InChI is InChI=1S/C22H13BrF3N3O2/c23-15-6-9-18-13(11-15)12-17(20(30)29-19-3-1-2-10-27-19)21(31-18)28-16-7-4-14(5-8-16)22(24,25)26/h1-12H,(H,27,29,30). The van der Waals surface area contributed by atoms with Gasteiger partial charge >= 0.3 is 6.18 Å². The molecule has 5 nitrogen and oxygen atoms in total. The molecule has 4 aromatic rings. The number of pyridine rings is 1. The molecule has 0 saturated carbocycles. The van der Waals surface area contributed by atoms with E-state index in [0.29, 0.717) is 16.8 Å². The highest BCUT2D eigenvalue weighted by atomic mass is 79.9. The first-order valence-electron chi connectivity index (χ1n) is 8.97. The Balaban J connectivity index is 1.82. The normalized spacial score (nSPS) is 12.2. The molecule has 1 amide bonds. The summed E-state index contributed by atoms with van der Waals surface area (Å²) in [5, 5.41) is 3.31. The average Bonchev–Trinajstić information content (AvgIpc) is 2.74. The Morgan fingerprint density at radius 1 is 1.03 bits per heavy atom. The summed E-state index contributed by atoms with van der Waals surface area (Å²) in [6.45, 7) is 0. The molecule has 1 N–H and O–H groups in total. The lowest BCUT2D eigenvalue weighted by Gasteiger charge is -2.07. The van der Waals surface area contributed by atoms with Gasteiger partial charge in [0.15, 0.2) is 0 Å². The van der Waals surface area contributed by atoms with Crippen molar-refractivity contribution >= 4 is 44.3 Å². The van der Waals surface area contributed by atoms with Crippen LogP contribution in [-0.4, -0.2) is 10.9 Å². The van der Waals surface area contributed by atoms with Crippen molar-refractivity contribution < 1.29 is 22.4 Å². The molecule has 0 saturated heterocycles. The van der Waals surface area contributed by atoms with E-state index in [2.05, 4.69) is 31.2 Å². The van der Waals surface area contributed by atoms with Crippen molar-refractivity contribution in [2.75, 3.05) is 5.32 Å². The van der Waals surface area contributed by atoms with Gasteiger partial charge in [0.05, 0.1) is 11.3 Å². The molecule has 0 aliphatic heterocycles. The molecule has 4 rings (SSSR count). The van der Waals surface area contributed by atoms with Gasteiger partial charge in [0, 0.05) is 16.1 Å². The monoisotopic (exact) mass is 487 g/mol.